The molecule has 1 fully saturated rings. The Labute approximate surface area is 198 Å². The summed E-state index contributed by atoms with van der Waals surface area (Å²) >= 11 is 0. The van der Waals surface area contributed by atoms with Crippen LogP contribution in [0.5, 0.6) is 0 Å². The first-order valence-electron chi connectivity index (χ1n) is 11.2. The first-order chi connectivity index (χ1) is 16.3. The number of rotatable bonds is 8. The van der Waals surface area contributed by atoms with Crippen molar-refractivity contribution in [1.29, 1.82) is 0 Å². The van der Waals surface area contributed by atoms with Crippen molar-refractivity contribution in [1.82, 2.24) is 10.6 Å². The molecule has 2 aliphatic rings. The number of nitrogens with one attached hydrogen (secondary N) is 2. The summed E-state index contributed by atoms with van der Waals surface area (Å²) in [5.74, 6) is -1.75. The van der Waals surface area contributed by atoms with Gasteiger partial charge in [-0.1, -0.05) is 54.6 Å². The highest BCUT2D eigenvalue weighted by Gasteiger charge is 2.48. The van der Waals surface area contributed by atoms with Crippen LogP contribution in [0.25, 0.3) is 11.1 Å². The van der Waals surface area contributed by atoms with Gasteiger partial charge in [0.2, 0.25) is 5.91 Å². The fraction of sp³-hybridized carbons (Fsp3) is 0.346. The number of aliphatic carboxylic acids is 1. The van der Waals surface area contributed by atoms with E-state index in [1.807, 2.05) is 36.4 Å². The zero-order valence-corrected chi connectivity index (χ0v) is 19.0. The standard InChI is InChI=1S/C26H28N2O6/c1-3-8-21(23(29)30)27-24(31)26(2)15-33-14-22(26)28-25(32)34-13-20-18-11-6-4-9-16(18)17-10-5-7-12-19(17)20/h3-7,9-12,20-22H,1,8,13-15H2,2H3,(H,27,31)(H,28,32)(H,29,30). The first-order valence-corrected chi connectivity index (χ1v) is 11.2. The van der Waals surface area contributed by atoms with Gasteiger partial charge in [0.1, 0.15) is 12.6 Å². The Morgan fingerprint density at radius 3 is 2.38 bits per heavy atom. The molecule has 1 saturated heterocycles. The van der Waals surface area contributed by atoms with E-state index in [4.69, 9.17) is 9.47 Å². The highest BCUT2D eigenvalue weighted by atomic mass is 16.5. The number of hydrogen-bond donors (Lipinski definition) is 3. The molecular formula is C26H28N2O6. The average Bonchev–Trinajstić information content (AvgIpc) is 3.36. The van der Waals surface area contributed by atoms with Gasteiger partial charge in [0.15, 0.2) is 0 Å². The lowest BCUT2D eigenvalue weighted by Crippen LogP contribution is -2.56. The van der Waals surface area contributed by atoms with Crippen molar-refractivity contribution in [3.05, 3.63) is 72.3 Å². The lowest BCUT2D eigenvalue weighted by molar-refractivity contribution is -0.143. The fourth-order valence-electron chi connectivity index (χ4n) is 4.59. The zero-order chi connectivity index (χ0) is 24.3. The van der Waals surface area contributed by atoms with Gasteiger partial charge in [-0.2, -0.15) is 0 Å². The molecule has 2 aromatic rings. The van der Waals surface area contributed by atoms with Crippen LogP contribution in [0.2, 0.25) is 0 Å². The molecule has 1 heterocycles. The van der Waals surface area contributed by atoms with E-state index in [0.717, 1.165) is 22.3 Å². The van der Waals surface area contributed by atoms with Crippen molar-refractivity contribution in [2.24, 2.45) is 5.41 Å². The summed E-state index contributed by atoms with van der Waals surface area (Å²) in [6.07, 6.45) is 0.860. The molecule has 0 bridgehead atoms. The summed E-state index contributed by atoms with van der Waals surface area (Å²) < 4.78 is 11.1. The number of fused-ring (bicyclic) bond motifs is 3. The van der Waals surface area contributed by atoms with Crippen LogP contribution in [-0.4, -0.2) is 55.0 Å². The maximum Gasteiger partial charge on any atom is 0.407 e. The number of carbonyl (C=O) groups is 3. The third kappa shape index (κ3) is 4.41. The van der Waals surface area contributed by atoms with Crippen molar-refractivity contribution in [2.75, 3.05) is 19.8 Å². The van der Waals surface area contributed by atoms with Crippen LogP contribution in [0.3, 0.4) is 0 Å². The largest absolute Gasteiger partial charge is 0.480 e. The Kier molecular flexibility index (Phi) is 6.70. The highest BCUT2D eigenvalue weighted by molar-refractivity contribution is 5.88. The summed E-state index contributed by atoms with van der Waals surface area (Å²) in [4.78, 5) is 37.0. The van der Waals surface area contributed by atoms with Crippen LogP contribution in [0.4, 0.5) is 4.79 Å². The maximum atomic E-state index is 12.9. The number of carbonyl (C=O) groups excluding carboxylic acids is 2. The molecule has 8 heteroatoms. The molecule has 8 nitrogen and oxygen atoms in total. The number of hydrogen-bond acceptors (Lipinski definition) is 5. The van der Waals surface area contributed by atoms with E-state index in [2.05, 4.69) is 29.3 Å². The number of alkyl carbamates (subject to hydrolysis) is 1. The smallest absolute Gasteiger partial charge is 0.407 e. The van der Waals surface area contributed by atoms with Crippen molar-refractivity contribution >= 4 is 18.0 Å². The SMILES string of the molecule is C=CCC(NC(=O)C1(C)COCC1NC(=O)OCC1c2ccccc2-c2ccccc21)C(=O)O. The van der Waals surface area contributed by atoms with Gasteiger partial charge in [-0.3, -0.25) is 4.79 Å². The molecule has 2 aromatic carbocycles. The molecular weight excluding hydrogens is 436 g/mol. The minimum Gasteiger partial charge on any atom is -0.480 e. The maximum absolute atomic E-state index is 12.9. The Bertz CT molecular complexity index is 1070. The molecule has 4 rings (SSSR count). The van der Waals surface area contributed by atoms with Gasteiger partial charge in [-0.05, 0) is 35.6 Å². The fourth-order valence-corrected chi connectivity index (χ4v) is 4.59. The van der Waals surface area contributed by atoms with Gasteiger partial charge < -0.3 is 25.2 Å². The molecule has 0 radical (unpaired) electrons. The summed E-state index contributed by atoms with van der Waals surface area (Å²) in [5.41, 5.74) is 3.33. The Hall–Kier alpha value is -3.65. The summed E-state index contributed by atoms with van der Waals surface area (Å²) in [6.45, 7) is 5.48. The lowest BCUT2D eigenvalue weighted by atomic mass is 9.84. The number of carboxylic acid groups (broad SMARTS) is 1. The average molecular weight is 465 g/mol. The molecule has 0 aromatic heterocycles. The van der Waals surface area contributed by atoms with E-state index >= 15 is 0 Å². The van der Waals surface area contributed by atoms with Crippen LogP contribution in [0.15, 0.2) is 61.2 Å². The topological polar surface area (TPSA) is 114 Å². The van der Waals surface area contributed by atoms with Gasteiger partial charge >= 0.3 is 12.1 Å². The van der Waals surface area contributed by atoms with E-state index in [-0.39, 0.29) is 32.2 Å². The lowest BCUT2D eigenvalue weighted by Gasteiger charge is -2.30. The second kappa shape index (κ2) is 9.69. The number of carboxylic acids is 1. The van der Waals surface area contributed by atoms with E-state index in [1.54, 1.807) is 6.92 Å². The van der Waals surface area contributed by atoms with Crippen LogP contribution in [-0.2, 0) is 19.1 Å². The highest BCUT2D eigenvalue weighted by Crippen LogP contribution is 2.44. The van der Waals surface area contributed by atoms with Gasteiger partial charge in [0.25, 0.3) is 0 Å². The molecule has 1 aliphatic heterocycles. The normalized spacial score (nSPS) is 21.7. The molecule has 0 saturated carbocycles. The van der Waals surface area contributed by atoms with Crippen LogP contribution < -0.4 is 10.6 Å². The second-order valence-corrected chi connectivity index (χ2v) is 8.84. The monoisotopic (exact) mass is 464 g/mol. The van der Waals surface area contributed by atoms with Crippen LogP contribution in [0, 0.1) is 5.41 Å². The van der Waals surface area contributed by atoms with Crippen molar-refractivity contribution in [3.8, 4) is 11.1 Å². The van der Waals surface area contributed by atoms with Crippen molar-refractivity contribution in [3.63, 3.8) is 0 Å². The molecule has 1 aliphatic carbocycles. The Morgan fingerprint density at radius 2 is 1.79 bits per heavy atom. The molecule has 34 heavy (non-hydrogen) atoms. The van der Waals surface area contributed by atoms with Crippen LogP contribution in [0.1, 0.15) is 30.4 Å². The summed E-state index contributed by atoms with van der Waals surface area (Å²) in [5, 5.41) is 14.6. The molecule has 3 N–H and O–H groups in total. The van der Waals surface area contributed by atoms with E-state index in [0.29, 0.717) is 0 Å². The number of amides is 2. The summed E-state index contributed by atoms with van der Waals surface area (Å²) in [7, 11) is 0. The van der Waals surface area contributed by atoms with Gasteiger partial charge in [0.05, 0.1) is 24.7 Å². The molecule has 2 amide bonds. The third-order valence-electron chi connectivity index (χ3n) is 6.62. The minimum absolute atomic E-state index is 0.0492. The minimum atomic E-state index is -1.16. The quantitative estimate of drug-likeness (QED) is 0.518. The molecule has 178 valence electrons. The third-order valence-corrected chi connectivity index (χ3v) is 6.62. The van der Waals surface area contributed by atoms with E-state index in [1.165, 1.54) is 6.08 Å². The molecule has 3 atom stereocenters. The van der Waals surface area contributed by atoms with Gasteiger partial charge in [-0.15, -0.1) is 6.58 Å². The van der Waals surface area contributed by atoms with E-state index in [9.17, 15) is 19.5 Å². The number of benzene rings is 2. The predicted molar refractivity (Wildman–Crippen MR) is 125 cm³/mol. The van der Waals surface area contributed by atoms with Crippen molar-refractivity contribution < 1.29 is 29.0 Å². The predicted octanol–water partition coefficient (Wildman–Crippen LogP) is 3.08. The van der Waals surface area contributed by atoms with Crippen LogP contribution >= 0.6 is 0 Å². The molecule has 3 unspecified atom stereocenters. The summed E-state index contributed by atoms with van der Waals surface area (Å²) in [6, 6.07) is 14.3. The van der Waals surface area contributed by atoms with Gasteiger partial charge in [0, 0.05) is 5.92 Å². The van der Waals surface area contributed by atoms with Gasteiger partial charge in [-0.25, -0.2) is 9.59 Å². The zero-order valence-electron chi connectivity index (χ0n) is 19.0. The Balaban J connectivity index is 1.41. The molecule has 0 spiro atoms. The Morgan fingerprint density at radius 1 is 1.18 bits per heavy atom. The van der Waals surface area contributed by atoms with Crippen molar-refractivity contribution in [2.45, 2.75) is 31.3 Å². The first kappa shape index (κ1) is 23.5. The second-order valence-electron chi connectivity index (χ2n) is 8.84. The number of ether oxygens (including phenoxy) is 2. The van der Waals surface area contributed by atoms with E-state index < -0.39 is 35.5 Å².